The lowest BCUT2D eigenvalue weighted by atomic mass is 10.1. The molecule has 0 aliphatic carbocycles. The van der Waals surface area contributed by atoms with Crippen LogP contribution in [0.2, 0.25) is 0 Å². The number of aryl methyl sites for hydroxylation is 1. The first-order chi connectivity index (χ1) is 18.5. The van der Waals surface area contributed by atoms with E-state index in [1.165, 1.54) is 47.5 Å². The predicted octanol–water partition coefficient (Wildman–Crippen LogP) is 2.88. The number of nitrogens with two attached hydrogens (primary N) is 1. The highest BCUT2D eigenvalue weighted by molar-refractivity contribution is 7.89. The molecule has 3 aromatic rings. The summed E-state index contributed by atoms with van der Waals surface area (Å²) < 4.78 is 75.0. The topological polar surface area (TPSA) is 128 Å². The maximum Gasteiger partial charge on any atom is 0.419 e. The summed E-state index contributed by atoms with van der Waals surface area (Å²) in [5, 5.41) is 4.46. The van der Waals surface area contributed by atoms with Crippen molar-refractivity contribution in [1.82, 2.24) is 29.4 Å². The molecule has 1 aliphatic heterocycles. The lowest BCUT2D eigenvalue weighted by Gasteiger charge is -2.26. The Balaban J connectivity index is 1.59. The molecule has 39 heavy (non-hydrogen) atoms. The quantitative estimate of drug-likeness (QED) is 0.449. The summed E-state index contributed by atoms with van der Waals surface area (Å²) in [5.41, 5.74) is 5.76. The van der Waals surface area contributed by atoms with Crippen LogP contribution in [-0.2, 0) is 28.0 Å². The van der Waals surface area contributed by atoms with Crippen LogP contribution in [0, 0.1) is 0 Å². The zero-order valence-corrected chi connectivity index (χ0v) is 21.9. The number of benzene rings is 1. The number of pyridine rings is 1. The molecular formula is C25H28F3N7O3S. The number of hydrogen-bond acceptors (Lipinski definition) is 8. The lowest BCUT2D eigenvalue weighted by molar-refractivity contribution is -0.137. The molecule has 3 heterocycles. The monoisotopic (exact) mass is 563 g/mol. The van der Waals surface area contributed by atoms with Crippen molar-refractivity contribution in [1.29, 1.82) is 0 Å². The maximum absolute atomic E-state index is 13.4. The third kappa shape index (κ3) is 7.29. The van der Waals surface area contributed by atoms with E-state index < -0.39 is 27.6 Å². The maximum atomic E-state index is 13.4. The van der Waals surface area contributed by atoms with Gasteiger partial charge in [0, 0.05) is 56.7 Å². The minimum atomic E-state index is -4.67. The van der Waals surface area contributed by atoms with Gasteiger partial charge in [0.25, 0.3) is 0 Å². The molecule has 0 unspecified atom stereocenters. The van der Waals surface area contributed by atoms with Gasteiger partial charge < -0.3 is 10.5 Å². The van der Waals surface area contributed by atoms with E-state index in [4.69, 9.17) is 10.5 Å². The third-order valence-corrected chi connectivity index (χ3v) is 7.51. The van der Waals surface area contributed by atoms with Crippen molar-refractivity contribution in [3.05, 3.63) is 66.6 Å². The first-order valence-corrected chi connectivity index (χ1v) is 13.5. The Morgan fingerprint density at radius 2 is 1.79 bits per heavy atom. The van der Waals surface area contributed by atoms with Gasteiger partial charge in [-0.2, -0.15) is 18.3 Å². The summed E-state index contributed by atoms with van der Waals surface area (Å²) in [5.74, 6) is -0.625. The Bertz CT molecular complexity index is 1450. The number of alkyl halides is 3. The molecule has 0 amide bonds. The predicted molar refractivity (Wildman–Crippen MR) is 139 cm³/mol. The van der Waals surface area contributed by atoms with Gasteiger partial charge in [0.15, 0.2) is 0 Å². The van der Waals surface area contributed by atoms with Crippen LogP contribution >= 0.6 is 0 Å². The molecule has 14 heteroatoms. The van der Waals surface area contributed by atoms with Gasteiger partial charge in [-0.15, -0.1) is 0 Å². The molecule has 3 N–H and O–H groups in total. The molecule has 0 radical (unpaired) electrons. The van der Waals surface area contributed by atoms with Crippen molar-refractivity contribution in [2.45, 2.75) is 11.1 Å². The molecule has 0 saturated carbocycles. The van der Waals surface area contributed by atoms with Gasteiger partial charge in [0.05, 0.1) is 41.3 Å². The van der Waals surface area contributed by atoms with Crippen molar-refractivity contribution in [3.8, 4) is 22.5 Å². The van der Waals surface area contributed by atoms with Crippen LogP contribution in [0.4, 0.5) is 19.0 Å². The van der Waals surface area contributed by atoms with E-state index in [0.717, 1.165) is 19.2 Å². The van der Waals surface area contributed by atoms with E-state index in [9.17, 15) is 21.6 Å². The SMILES string of the molecule is Cn1nc(-c2cnc(N)c(C(F)(F)F)c2)cccncc1-c1ccc(S(=O)(=O)NCCN2CCOCC2)cc1. The van der Waals surface area contributed by atoms with Gasteiger partial charge in [-0.3, -0.25) is 14.6 Å². The second kappa shape index (κ2) is 12.1. The Morgan fingerprint density at radius 1 is 1.08 bits per heavy atom. The Kier molecular flexibility index (Phi) is 8.80. The summed E-state index contributed by atoms with van der Waals surface area (Å²) in [6, 6.07) is 10.1. The molecule has 10 nitrogen and oxygen atoms in total. The number of sulfonamides is 1. The van der Waals surface area contributed by atoms with E-state index >= 15 is 0 Å². The van der Waals surface area contributed by atoms with Crippen molar-refractivity contribution in [2.24, 2.45) is 7.05 Å². The zero-order chi connectivity index (χ0) is 28.0. The van der Waals surface area contributed by atoms with Gasteiger partial charge in [0.2, 0.25) is 10.0 Å². The molecule has 1 fully saturated rings. The number of nitrogens with one attached hydrogen (secondary N) is 1. The fourth-order valence-corrected chi connectivity index (χ4v) is 4.96. The highest BCUT2D eigenvalue weighted by Crippen LogP contribution is 2.34. The van der Waals surface area contributed by atoms with E-state index in [1.807, 2.05) is 0 Å². The number of hydrogen-bond donors (Lipinski definition) is 2. The molecule has 0 bridgehead atoms. The number of aromatic nitrogens is 4. The Morgan fingerprint density at radius 3 is 2.49 bits per heavy atom. The van der Waals surface area contributed by atoms with Crippen LogP contribution < -0.4 is 10.5 Å². The second-order valence-corrected chi connectivity index (χ2v) is 10.5. The summed E-state index contributed by atoms with van der Waals surface area (Å²) in [6.07, 6.45) is -0.482. The molecular weight excluding hydrogens is 535 g/mol. The Hall–Kier alpha value is -3.59. The van der Waals surface area contributed by atoms with Crippen molar-refractivity contribution < 1.29 is 26.3 Å². The van der Waals surface area contributed by atoms with Gasteiger partial charge in [0.1, 0.15) is 5.82 Å². The molecule has 1 aromatic carbocycles. The average Bonchev–Trinajstić information content (AvgIpc) is 2.99. The summed E-state index contributed by atoms with van der Waals surface area (Å²) in [6.45, 7) is 3.65. The van der Waals surface area contributed by atoms with Gasteiger partial charge in [-0.1, -0.05) is 12.1 Å². The molecule has 0 spiro atoms. The number of morpholine rings is 1. The number of nitrogens with zero attached hydrogens (tertiary/aromatic N) is 5. The van der Waals surface area contributed by atoms with E-state index in [1.54, 1.807) is 19.2 Å². The van der Waals surface area contributed by atoms with E-state index in [-0.39, 0.29) is 22.7 Å². The van der Waals surface area contributed by atoms with Gasteiger partial charge >= 0.3 is 6.18 Å². The molecule has 0 atom stereocenters. The summed E-state index contributed by atoms with van der Waals surface area (Å²) in [7, 11) is -2.12. The number of nitrogen functional groups attached to an aromatic ring is 1. The first kappa shape index (κ1) is 28.4. The number of ether oxygens (including phenoxy) is 1. The van der Waals surface area contributed by atoms with Crippen molar-refractivity contribution >= 4 is 15.8 Å². The normalized spacial score (nSPS) is 14.7. The van der Waals surface area contributed by atoms with Crippen molar-refractivity contribution in [3.63, 3.8) is 0 Å². The van der Waals surface area contributed by atoms with Crippen LogP contribution in [0.1, 0.15) is 5.56 Å². The fraction of sp³-hybridized carbons (Fsp3) is 0.320. The largest absolute Gasteiger partial charge is 0.419 e. The molecule has 1 saturated heterocycles. The lowest BCUT2D eigenvalue weighted by Crippen LogP contribution is -2.41. The highest BCUT2D eigenvalue weighted by atomic mass is 32.2. The average molecular weight is 564 g/mol. The molecule has 2 aromatic heterocycles. The summed E-state index contributed by atoms with van der Waals surface area (Å²) in [4.78, 5) is 10.1. The van der Waals surface area contributed by atoms with E-state index in [0.29, 0.717) is 31.0 Å². The third-order valence-electron chi connectivity index (χ3n) is 6.03. The van der Waals surface area contributed by atoms with Crippen LogP contribution in [0.25, 0.3) is 22.5 Å². The molecule has 208 valence electrons. The van der Waals surface area contributed by atoms with Crippen LogP contribution in [0.3, 0.4) is 0 Å². The zero-order valence-electron chi connectivity index (χ0n) is 21.1. The van der Waals surface area contributed by atoms with Crippen molar-refractivity contribution in [2.75, 3.05) is 45.1 Å². The molecule has 4 rings (SSSR count). The minimum Gasteiger partial charge on any atom is -0.383 e. The first-order valence-electron chi connectivity index (χ1n) is 12.0. The van der Waals surface area contributed by atoms with Gasteiger partial charge in [-0.25, -0.2) is 18.1 Å². The standard InChI is InChI=1S/C25H28F3N7O3S/c1-34-23(17-30-8-2-3-22(33-34)19-15-21(25(26,27)28)24(29)31-16-19)18-4-6-20(7-5-18)39(36,37)32-9-10-35-11-13-38-14-12-35/h2-8,15-17,32H,9-14H2,1H3,(H2,29,31). The number of anilines is 1. The summed E-state index contributed by atoms with van der Waals surface area (Å²) >= 11 is 0. The number of rotatable bonds is 7. The van der Waals surface area contributed by atoms with E-state index in [2.05, 4.69) is 24.7 Å². The van der Waals surface area contributed by atoms with Gasteiger partial charge in [-0.05, 0) is 30.3 Å². The van der Waals surface area contributed by atoms with Crippen LogP contribution in [0.15, 0.2) is 66.0 Å². The van der Waals surface area contributed by atoms with Crippen LogP contribution in [0.5, 0.6) is 0 Å². The number of halogens is 3. The fourth-order valence-electron chi connectivity index (χ4n) is 3.94. The smallest absolute Gasteiger partial charge is 0.383 e. The Labute approximate surface area is 224 Å². The second-order valence-electron chi connectivity index (χ2n) is 8.71. The highest BCUT2D eigenvalue weighted by Gasteiger charge is 2.34. The van der Waals surface area contributed by atoms with Crippen LogP contribution in [-0.4, -0.2) is 72.5 Å². The molecule has 1 aliphatic rings. The minimum absolute atomic E-state index is 0.0986.